The van der Waals surface area contributed by atoms with Gasteiger partial charge in [0.25, 0.3) is 0 Å². The minimum Gasteiger partial charge on any atom is -0.303 e. The van der Waals surface area contributed by atoms with Crippen LogP contribution in [0, 0.1) is 23.2 Å². The Labute approximate surface area is 131 Å². The maximum absolute atomic E-state index is 10.1. The first-order chi connectivity index (χ1) is 9.78. The summed E-state index contributed by atoms with van der Waals surface area (Å²) in [7, 11) is 0. The van der Waals surface area contributed by atoms with Crippen LogP contribution in [-0.4, -0.2) is 6.29 Å². The highest BCUT2D eigenvalue weighted by Crippen LogP contribution is 2.58. The molecule has 0 radical (unpaired) electrons. The van der Waals surface area contributed by atoms with Crippen molar-refractivity contribution in [1.82, 2.24) is 0 Å². The summed E-state index contributed by atoms with van der Waals surface area (Å²) in [4.78, 5) is 10.1. The second kappa shape index (κ2) is 7.96. The Bertz CT molecular complexity index is 396. The lowest BCUT2D eigenvalue weighted by Gasteiger charge is -2.56. The van der Waals surface area contributed by atoms with Crippen molar-refractivity contribution in [3.63, 3.8) is 0 Å². The maximum atomic E-state index is 10.1. The molecule has 0 aromatic heterocycles. The van der Waals surface area contributed by atoms with Gasteiger partial charge in [0.05, 0.1) is 0 Å². The molecule has 3 atom stereocenters. The highest BCUT2D eigenvalue weighted by atomic mass is 16.1. The van der Waals surface area contributed by atoms with Gasteiger partial charge in [-0.15, -0.1) is 0 Å². The Morgan fingerprint density at radius 2 is 2.10 bits per heavy atom. The van der Waals surface area contributed by atoms with Gasteiger partial charge in [0.1, 0.15) is 6.29 Å². The molecule has 3 rings (SSSR count). The van der Waals surface area contributed by atoms with E-state index in [4.69, 9.17) is 0 Å². The normalized spacial score (nSPS) is 26.5. The SMILES string of the molecule is CC(C)=CCC[C@@H](C)CC=O.CC1=CC[C@H]2C[C@@H]1C2(C)C. The average Bonchev–Trinajstić information content (AvgIpc) is 2.39. The predicted octanol–water partition coefficient (Wildman–Crippen LogP) is 5.96. The fraction of sp³-hybridized carbons (Fsp3) is 0.750. The highest BCUT2D eigenvalue weighted by Gasteiger charge is 2.49. The molecule has 1 heteroatoms. The quantitative estimate of drug-likeness (QED) is 0.451. The molecule has 0 amide bonds. The fourth-order valence-corrected chi connectivity index (χ4v) is 3.60. The summed E-state index contributed by atoms with van der Waals surface area (Å²) in [5.41, 5.74) is 3.65. The van der Waals surface area contributed by atoms with Crippen LogP contribution in [0.25, 0.3) is 0 Å². The second-order valence-corrected chi connectivity index (χ2v) is 7.86. The zero-order chi connectivity index (χ0) is 16.0. The minimum atomic E-state index is 0.545. The molecule has 1 fully saturated rings. The zero-order valence-electron chi connectivity index (χ0n) is 14.9. The third-order valence-electron chi connectivity index (χ3n) is 5.46. The molecule has 3 aliphatic rings. The lowest BCUT2D eigenvalue weighted by molar-refractivity contribution is -0.108. The number of carbonyl (C=O) groups is 1. The van der Waals surface area contributed by atoms with Crippen molar-refractivity contribution >= 4 is 6.29 Å². The number of rotatable bonds is 5. The van der Waals surface area contributed by atoms with Crippen LogP contribution < -0.4 is 0 Å². The Morgan fingerprint density at radius 3 is 2.48 bits per heavy atom. The molecular formula is C20H34O. The molecule has 0 spiro atoms. The summed E-state index contributed by atoms with van der Waals surface area (Å²) in [6.07, 6.45) is 11.4. The Balaban J connectivity index is 0.000000210. The van der Waals surface area contributed by atoms with Gasteiger partial charge in [-0.3, -0.25) is 0 Å². The van der Waals surface area contributed by atoms with E-state index in [1.807, 2.05) is 0 Å². The van der Waals surface area contributed by atoms with Crippen LogP contribution in [-0.2, 0) is 4.79 Å². The molecule has 1 saturated carbocycles. The molecule has 21 heavy (non-hydrogen) atoms. The molecule has 0 unspecified atom stereocenters. The van der Waals surface area contributed by atoms with E-state index in [1.165, 1.54) is 18.4 Å². The number of hydrogen-bond donors (Lipinski definition) is 0. The molecule has 0 aromatic rings. The molecule has 0 aliphatic heterocycles. The number of aldehydes is 1. The van der Waals surface area contributed by atoms with Gasteiger partial charge in [0.15, 0.2) is 0 Å². The second-order valence-electron chi connectivity index (χ2n) is 7.86. The fourth-order valence-electron chi connectivity index (χ4n) is 3.60. The summed E-state index contributed by atoms with van der Waals surface area (Å²) in [5, 5.41) is 0. The van der Waals surface area contributed by atoms with Gasteiger partial charge in [-0.25, -0.2) is 0 Å². The molecule has 0 aromatic carbocycles. The van der Waals surface area contributed by atoms with Crippen molar-refractivity contribution < 1.29 is 4.79 Å². The van der Waals surface area contributed by atoms with Crippen LogP contribution in [0.4, 0.5) is 0 Å². The van der Waals surface area contributed by atoms with Crippen molar-refractivity contribution in [3.05, 3.63) is 23.3 Å². The summed E-state index contributed by atoms with van der Waals surface area (Å²) in [6.45, 7) is 13.5. The lowest BCUT2D eigenvalue weighted by atomic mass is 9.49. The van der Waals surface area contributed by atoms with E-state index in [0.717, 1.165) is 31.0 Å². The first-order valence-corrected chi connectivity index (χ1v) is 8.52. The van der Waals surface area contributed by atoms with Crippen molar-refractivity contribution in [3.8, 4) is 0 Å². The first-order valence-electron chi connectivity index (χ1n) is 8.52. The van der Waals surface area contributed by atoms with Gasteiger partial charge in [-0.05, 0) is 69.6 Å². The van der Waals surface area contributed by atoms with Gasteiger partial charge in [-0.1, -0.05) is 44.1 Å². The van der Waals surface area contributed by atoms with E-state index in [0.29, 0.717) is 17.8 Å². The van der Waals surface area contributed by atoms with Crippen LogP contribution in [0.15, 0.2) is 23.3 Å². The van der Waals surface area contributed by atoms with E-state index in [2.05, 4.69) is 53.7 Å². The van der Waals surface area contributed by atoms with Gasteiger partial charge in [-0.2, -0.15) is 0 Å². The van der Waals surface area contributed by atoms with E-state index in [-0.39, 0.29) is 0 Å². The van der Waals surface area contributed by atoms with Gasteiger partial charge >= 0.3 is 0 Å². The van der Waals surface area contributed by atoms with E-state index >= 15 is 0 Å². The van der Waals surface area contributed by atoms with Crippen molar-refractivity contribution in [1.29, 1.82) is 0 Å². The molecular weight excluding hydrogens is 256 g/mol. The molecule has 3 aliphatic carbocycles. The van der Waals surface area contributed by atoms with Crippen molar-refractivity contribution in [2.24, 2.45) is 23.2 Å². The molecule has 1 nitrogen and oxygen atoms in total. The van der Waals surface area contributed by atoms with Crippen LogP contribution >= 0.6 is 0 Å². The summed E-state index contributed by atoms with van der Waals surface area (Å²) in [6, 6.07) is 0. The Kier molecular flexibility index (Phi) is 6.90. The molecule has 0 heterocycles. The molecule has 120 valence electrons. The summed E-state index contributed by atoms with van der Waals surface area (Å²) >= 11 is 0. The average molecular weight is 290 g/mol. The van der Waals surface area contributed by atoms with E-state index in [1.54, 1.807) is 5.57 Å². The zero-order valence-corrected chi connectivity index (χ0v) is 14.9. The van der Waals surface area contributed by atoms with Crippen LogP contribution in [0.3, 0.4) is 0 Å². The maximum Gasteiger partial charge on any atom is 0.120 e. The molecule has 2 bridgehead atoms. The highest BCUT2D eigenvalue weighted by molar-refractivity contribution is 5.49. The smallest absolute Gasteiger partial charge is 0.120 e. The van der Waals surface area contributed by atoms with Crippen molar-refractivity contribution in [2.75, 3.05) is 0 Å². The molecule has 0 N–H and O–H groups in total. The Hall–Kier alpha value is -0.850. The Morgan fingerprint density at radius 1 is 1.43 bits per heavy atom. The third-order valence-corrected chi connectivity index (χ3v) is 5.46. The lowest BCUT2D eigenvalue weighted by Crippen LogP contribution is -2.47. The van der Waals surface area contributed by atoms with Gasteiger partial charge in [0, 0.05) is 6.42 Å². The largest absolute Gasteiger partial charge is 0.303 e. The predicted molar refractivity (Wildman–Crippen MR) is 92.3 cm³/mol. The number of carbonyl (C=O) groups excluding carboxylic acids is 1. The summed E-state index contributed by atoms with van der Waals surface area (Å²) in [5.74, 6) is 2.47. The number of hydrogen-bond acceptors (Lipinski definition) is 1. The van der Waals surface area contributed by atoms with Crippen LogP contribution in [0.1, 0.15) is 73.6 Å². The minimum absolute atomic E-state index is 0.545. The monoisotopic (exact) mass is 290 g/mol. The first kappa shape index (κ1) is 18.2. The molecule has 0 saturated heterocycles. The van der Waals surface area contributed by atoms with E-state index in [9.17, 15) is 4.79 Å². The topological polar surface area (TPSA) is 17.1 Å². The third kappa shape index (κ3) is 5.13. The van der Waals surface area contributed by atoms with Crippen LogP contribution in [0.2, 0.25) is 0 Å². The van der Waals surface area contributed by atoms with Crippen molar-refractivity contribution in [2.45, 2.75) is 73.6 Å². The standard InChI is InChI=1S/C10H18O.C10H16/c1-9(2)5-4-6-10(3)7-8-11;1-7-4-5-8-6-9(7)10(8,2)3/h5,8,10H,4,6-7H2,1-3H3;4,8-9H,5-6H2,1-3H3/t10-;8-,9-/m10/s1. The van der Waals surface area contributed by atoms with Gasteiger partial charge < -0.3 is 4.79 Å². The van der Waals surface area contributed by atoms with Gasteiger partial charge in [0.2, 0.25) is 0 Å². The summed E-state index contributed by atoms with van der Waals surface area (Å²) < 4.78 is 0. The van der Waals surface area contributed by atoms with E-state index < -0.39 is 0 Å². The van der Waals surface area contributed by atoms with Crippen LogP contribution in [0.5, 0.6) is 0 Å². The number of fused-ring (bicyclic) bond motifs is 1. The number of allylic oxidation sites excluding steroid dienone is 4.